The van der Waals surface area contributed by atoms with E-state index in [1.165, 1.54) is 5.01 Å². The molecule has 1 rings (SSSR count). The highest BCUT2D eigenvalue weighted by molar-refractivity contribution is 5.32. The van der Waals surface area contributed by atoms with Crippen LogP contribution in [0, 0.1) is 5.95 Å². The molecule has 0 saturated carbocycles. The van der Waals surface area contributed by atoms with Crippen LogP contribution in [0.4, 0.5) is 10.2 Å². The van der Waals surface area contributed by atoms with Crippen LogP contribution in [0.25, 0.3) is 0 Å². The SMILES string of the molecule is CN(C)CCN(N)c1n[nH]nc1F. The molecule has 0 aliphatic carbocycles. The predicted molar refractivity (Wildman–Crippen MR) is 46.4 cm³/mol. The molecule has 0 atom stereocenters. The Hall–Kier alpha value is -1.21. The first-order chi connectivity index (χ1) is 6.11. The number of anilines is 1. The molecule has 3 N–H and O–H groups in total. The molecule has 1 aromatic heterocycles. The van der Waals surface area contributed by atoms with E-state index >= 15 is 0 Å². The van der Waals surface area contributed by atoms with Gasteiger partial charge in [-0.15, -0.1) is 10.2 Å². The van der Waals surface area contributed by atoms with Gasteiger partial charge in [-0.3, -0.25) is 5.01 Å². The maximum Gasteiger partial charge on any atom is 0.277 e. The molecule has 1 aromatic rings. The van der Waals surface area contributed by atoms with Crippen LogP contribution >= 0.6 is 0 Å². The van der Waals surface area contributed by atoms with E-state index < -0.39 is 5.95 Å². The zero-order chi connectivity index (χ0) is 9.84. The fourth-order valence-electron chi connectivity index (χ4n) is 0.809. The summed E-state index contributed by atoms with van der Waals surface area (Å²) in [6, 6.07) is 0. The number of H-pyrrole nitrogens is 1. The van der Waals surface area contributed by atoms with Gasteiger partial charge in [-0.25, -0.2) is 5.84 Å². The second kappa shape index (κ2) is 4.15. The maximum absolute atomic E-state index is 12.8. The fourth-order valence-corrected chi connectivity index (χ4v) is 0.809. The number of aromatic amines is 1. The highest BCUT2D eigenvalue weighted by Gasteiger charge is 2.11. The summed E-state index contributed by atoms with van der Waals surface area (Å²) in [4.78, 5) is 1.94. The third-order valence-electron chi connectivity index (χ3n) is 1.55. The Labute approximate surface area is 75.5 Å². The number of hydrogen-bond acceptors (Lipinski definition) is 5. The standard InChI is InChI=1S/C6H13FN6/c1-12(2)3-4-13(8)6-5(7)9-11-10-6/h3-4,8H2,1-2H3,(H,9,10,11). The summed E-state index contributed by atoms with van der Waals surface area (Å²) in [5.41, 5.74) is 0. The minimum atomic E-state index is -0.679. The number of nitrogens with zero attached hydrogens (tertiary/aromatic N) is 4. The zero-order valence-corrected chi connectivity index (χ0v) is 7.66. The van der Waals surface area contributed by atoms with Crippen molar-refractivity contribution in [1.29, 1.82) is 0 Å². The molecule has 0 spiro atoms. The second-order valence-electron chi connectivity index (χ2n) is 2.93. The summed E-state index contributed by atoms with van der Waals surface area (Å²) in [5.74, 6) is 4.90. The van der Waals surface area contributed by atoms with Gasteiger partial charge >= 0.3 is 0 Å². The van der Waals surface area contributed by atoms with E-state index in [2.05, 4.69) is 15.4 Å². The lowest BCUT2D eigenvalue weighted by molar-refractivity contribution is 0.412. The molecule has 74 valence electrons. The molecular weight excluding hydrogens is 175 g/mol. The number of hydrogen-bond donors (Lipinski definition) is 2. The van der Waals surface area contributed by atoms with E-state index in [4.69, 9.17) is 5.84 Å². The zero-order valence-electron chi connectivity index (χ0n) is 7.66. The summed E-state index contributed by atoms with van der Waals surface area (Å²) in [5, 5.41) is 10.2. The Morgan fingerprint density at radius 1 is 1.38 bits per heavy atom. The minimum absolute atomic E-state index is 0.0434. The summed E-state index contributed by atoms with van der Waals surface area (Å²) < 4.78 is 12.8. The monoisotopic (exact) mass is 188 g/mol. The number of likely N-dealkylation sites (N-methyl/N-ethyl adjacent to an activating group) is 1. The van der Waals surface area contributed by atoms with Crippen molar-refractivity contribution >= 4 is 5.82 Å². The normalized spacial score (nSPS) is 10.8. The van der Waals surface area contributed by atoms with Crippen LogP contribution in [0.15, 0.2) is 0 Å². The summed E-state index contributed by atoms with van der Waals surface area (Å²) in [6.07, 6.45) is 0. The molecule has 0 amide bonds. The first-order valence-corrected chi connectivity index (χ1v) is 3.84. The second-order valence-corrected chi connectivity index (χ2v) is 2.93. The third kappa shape index (κ3) is 2.63. The Morgan fingerprint density at radius 3 is 2.54 bits per heavy atom. The van der Waals surface area contributed by atoms with Crippen molar-refractivity contribution in [1.82, 2.24) is 20.3 Å². The molecule has 0 bridgehead atoms. The summed E-state index contributed by atoms with van der Waals surface area (Å²) in [6.45, 7) is 1.22. The predicted octanol–water partition coefficient (Wildman–Crippen LogP) is -0.815. The summed E-state index contributed by atoms with van der Waals surface area (Å²) >= 11 is 0. The Kier molecular flexibility index (Phi) is 3.15. The average molecular weight is 188 g/mol. The van der Waals surface area contributed by atoms with Crippen molar-refractivity contribution in [2.75, 3.05) is 32.2 Å². The number of nitrogens with two attached hydrogens (primary N) is 1. The Bertz CT molecular complexity index is 259. The topological polar surface area (TPSA) is 74.1 Å². The van der Waals surface area contributed by atoms with Crippen LogP contribution in [0.1, 0.15) is 0 Å². The van der Waals surface area contributed by atoms with E-state index in [0.29, 0.717) is 6.54 Å². The van der Waals surface area contributed by atoms with Gasteiger partial charge in [0.05, 0.1) is 0 Å². The van der Waals surface area contributed by atoms with E-state index in [-0.39, 0.29) is 5.82 Å². The van der Waals surface area contributed by atoms with E-state index in [1.54, 1.807) is 0 Å². The first-order valence-electron chi connectivity index (χ1n) is 3.84. The van der Waals surface area contributed by atoms with E-state index in [0.717, 1.165) is 6.54 Å². The Balaban J connectivity index is 2.49. The van der Waals surface area contributed by atoms with Gasteiger partial charge in [0.1, 0.15) is 0 Å². The van der Waals surface area contributed by atoms with Gasteiger partial charge in [-0.2, -0.15) is 9.60 Å². The van der Waals surface area contributed by atoms with Crippen LogP contribution in [0.5, 0.6) is 0 Å². The van der Waals surface area contributed by atoms with Crippen LogP contribution in [0.3, 0.4) is 0 Å². The van der Waals surface area contributed by atoms with Gasteiger partial charge in [0, 0.05) is 13.1 Å². The molecule has 0 radical (unpaired) electrons. The molecule has 0 unspecified atom stereocenters. The summed E-state index contributed by atoms with van der Waals surface area (Å²) in [7, 11) is 3.82. The Morgan fingerprint density at radius 2 is 2.08 bits per heavy atom. The van der Waals surface area contributed by atoms with Crippen molar-refractivity contribution in [3.8, 4) is 0 Å². The molecular formula is C6H13FN6. The molecule has 0 fully saturated rings. The van der Waals surface area contributed by atoms with Crippen LogP contribution in [0.2, 0.25) is 0 Å². The van der Waals surface area contributed by atoms with Crippen molar-refractivity contribution < 1.29 is 4.39 Å². The van der Waals surface area contributed by atoms with Gasteiger partial charge in [-0.05, 0) is 14.1 Å². The number of hydrazine groups is 1. The molecule has 1 heterocycles. The van der Waals surface area contributed by atoms with Crippen molar-refractivity contribution in [2.24, 2.45) is 5.84 Å². The molecule has 0 aliphatic rings. The van der Waals surface area contributed by atoms with Crippen LogP contribution in [-0.4, -0.2) is 47.5 Å². The molecule has 0 aliphatic heterocycles. The molecule has 13 heavy (non-hydrogen) atoms. The smallest absolute Gasteiger partial charge is 0.277 e. The third-order valence-corrected chi connectivity index (χ3v) is 1.55. The number of rotatable bonds is 4. The van der Waals surface area contributed by atoms with E-state index in [1.807, 2.05) is 19.0 Å². The van der Waals surface area contributed by atoms with Gasteiger partial charge in [-0.1, -0.05) is 0 Å². The molecule has 6 nitrogen and oxygen atoms in total. The highest BCUT2D eigenvalue weighted by atomic mass is 19.1. The number of halogens is 1. The number of aromatic nitrogens is 3. The lowest BCUT2D eigenvalue weighted by Crippen LogP contribution is -2.37. The van der Waals surface area contributed by atoms with Gasteiger partial charge in [0.2, 0.25) is 5.82 Å². The highest BCUT2D eigenvalue weighted by Crippen LogP contribution is 2.07. The van der Waals surface area contributed by atoms with Gasteiger partial charge in [0.15, 0.2) is 0 Å². The van der Waals surface area contributed by atoms with Crippen LogP contribution < -0.4 is 10.9 Å². The minimum Gasteiger partial charge on any atom is -0.308 e. The van der Waals surface area contributed by atoms with Crippen molar-refractivity contribution in [2.45, 2.75) is 0 Å². The van der Waals surface area contributed by atoms with Crippen molar-refractivity contribution in [3.05, 3.63) is 5.95 Å². The van der Waals surface area contributed by atoms with Crippen LogP contribution in [-0.2, 0) is 0 Å². The van der Waals surface area contributed by atoms with Crippen molar-refractivity contribution in [3.63, 3.8) is 0 Å². The van der Waals surface area contributed by atoms with Gasteiger partial charge in [0.25, 0.3) is 5.95 Å². The lowest BCUT2D eigenvalue weighted by atomic mass is 10.5. The van der Waals surface area contributed by atoms with Gasteiger partial charge < -0.3 is 4.90 Å². The molecule has 7 heteroatoms. The fraction of sp³-hybridized carbons (Fsp3) is 0.667. The first kappa shape index (κ1) is 9.87. The number of nitrogens with one attached hydrogen (secondary N) is 1. The lowest BCUT2D eigenvalue weighted by Gasteiger charge is -2.17. The molecule has 0 aromatic carbocycles. The largest absolute Gasteiger partial charge is 0.308 e. The molecule has 0 saturated heterocycles. The van der Waals surface area contributed by atoms with E-state index in [9.17, 15) is 4.39 Å². The maximum atomic E-state index is 12.8. The average Bonchev–Trinajstić information content (AvgIpc) is 2.47. The quantitative estimate of drug-likeness (QED) is 0.477.